The second-order valence-electron chi connectivity index (χ2n) is 4.84. The zero-order chi connectivity index (χ0) is 13.4. The van der Waals surface area contributed by atoms with Crippen molar-refractivity contribution in [3.8, 4) is 5.75 Å². The smallest absolute Gasteiger partial charge is 0.262 e. The van der Waals surface area contributed by atoms with Gasteiger partial charge in [-0.15, -0.1) is 0 Å². The number of anilines is 3. The van der Waals surface area contributed by atoms with Gasteiger partial charge in [-0.1, -0.05) is 0 Å². The van der Waals surface area contributed by atoms with Crippen molar-refractivity contribution in [2.24, 2.45) is 0 Å². The Bertz CT molecular complexity index is 518. The molecule has 1 aromatic rings. The first-order chi connectivity index (χ1) is 9.17. The summed E-state index contributed by atoms with van der Waals surface area (Å²) in [5.74, 6) is 0.489. The van der Waals surface area contributed by atoms with E-state index in [1.807, 2.05) is 6.07 Å². The van der Waals surface area contributed by atoms with Crippen LogP contribution < -0.4 is 20.7 Å². The molecule has 3 rings (SSSR count). The molecule has 1 amide bonds. The summed E-state index contributed by atoms with van der Waals surface area (Å²) >= 11 is 0. The van der Waals surface area contributed by atoms with Gasteiger partial charge in [0.25, 0.3) is 5.91 Å². The molecule has 0 aromatic heterocycles. The normalized spacial score (nSPS) is 21.8. The topological polar surface area (TPSA) is 76.8 Å². The number of benzene rings is 1. The van der Waals surface area contributed by atoms with Crippen LogP contribution in [0.3, 0.4) is 0 Å². The van der Waals surface area contributed by atoms with Gasteiger partial charge in [-0.25, -0.2) is 0 Å². The van der Waals surface area contributed by atoms with Crippen molar-refractivity contribution in [1.82, 2.24) is 0 Å². The number of hydrogen-bond acceptors (Lipinski definition) is 5. The zero-order valence-corrected chi connectivity index (χ0v) is 10.8. The van der Waals surface area contributed by atoms with Crippen molar-refractivity contribution in [2.45, 2.75) is 12.5 Å². The molecule has 102 valence electrons. The van der Waals surface area contributed by atoms with E-state index in [4.69, 9.17) is 15.2 Å². The summed E-state index contributed by atoms with van der Waals surface area (Å²) in [5.41, 5.74) is 8.33. The summed E-state index contributed by atoms with van der Waals surface area (Å²) < 4.78 is 10.7. The molecule has 3 N–H and O–H groups in total. The Kier molecular flexibility index (Phi) is 2.94. The minimum atomic E-state index is -0.139. The Morgan fingerprint density at radius 1 is 1.53 bits per heavy atom. The minimum Gasteiger partial charge on any atom is -0.482 e. The van der Waals surface area contributed by atoms with Crippen LogP contribution in [0.5, 0.6) is 5.75 Å². The second kappa shape index (κ2) is 4.62. The van der Waals surface area contributed by atoms with Gasteiger partial charge in [0, 0.05) is 26.3 Å². The summed E-state index contributed by atoms with van der Waals surface area (Å²) in [6.07, 6.45) is 1.22. The number of carbonyl (C=O) groups excluding carboxylic acids is 1. The van der Waals surface area contributed by atoms with Crippen molar-refractivity contribution in [1.29, 1.82) is 0 Å². The largest absolute Gasteiger partial charge is 0.482 e. The highest BCUT2D eigenvalue weighted by atomic mass is 16.5. The average molecular weight is 263 g/mol. The molecule has 19 heavy (non-hydrogen) atoms. The lowest BCUT2D eigenvalue weighted by Crippen LogP contribution is -2.27. The van der Waals surface area contributed by atoms with E-state index in [0.717, 1.165) is 25.2 Å². The van der Waals surface area contributed by atoms with Gasteiger partial charge in [-0.05, 0) is 12.5 Å². The molecule has 0 radical (unpaired) electrons. The first-order valence-corrected chi connectivity index (χ1v) is 6.31. The Morgan fingerprint density at radius 2 is 2.37 bits per heavy atom. The van der Waals surface area contributed by atoms with Crippen LogP contribution in [0.25, 0.3) is 0 Å². The molecule has 0 saturated carbocycles. The number of carbonyl (C=O) groups is 1. The van der Waals surface area contributed by atoms with Crippen molar-refractivity contribution < 1.29 is 14.3 Å². The Morgan fingerprint density at radius 3 is 3.11 bits per heavy atom. The number of fused-ring (bicyclic) bond motifs is 1. The number of amides is 1. The van der Waals surface area contributed by atoms with Gasteiger partial charge in [-0.3, -0.25) is 4.79 Å². The van der Waals surface area contributed by atoms with E-state index in [2.05, 4.69) is 10.2 Å². The summed E-state index contributed by atoms with van der Waals surface area (Å²) in [7, 11) is 1.72. The second-order valence-corrected chi connectivity index (χ2v) is 4.84. The van der Waals surface area contributed by atoms with Crippen molar-refractivity contribution in [2.75, 3.05) is 42.8 Å². The van der Waals surface area contributed by atoms with Gasteiger partial charge >= 0.3 is 0 Å². The number of nitrogens with two attached hydrogens (primary N) is 1. The minimum absolute atomic E-state index is 0.0429. The van der Waals surface area contributed by atoms with Crippen LogP contribution in [0.15, 0.2) is 12.1 Å². The lowest BCUT2D eigenvalue weighted by molar-refractivity contribution is -0.118. The molecule has 2 aliphatic rings. The van der Waals surface area contributed by atoms with Gasteiger partial charge in [0.1, 0.15) is 5.75 Å². The Labute approximate surface area is 111 Å². The maximum atomic E-state index is 11.3. The quantitative estimate of drug-likeness (QED) is 0.773. The molecular formula is C13H17N3O3. The van der Waals surface area contributed by atoms with Crippen molar-refractivity contribution in [3.05, 3.63) is 12.1 Å². The molecule has 0 aliphatic carbocycles. The molecule has 1 saturated heterocycles. The van der Waals surface area contributed by atoms with Crippen molar-refractivity contribution >= 4 is 23.0 Å². The highest BCUT2D eigenvalue weighted by Gasteiger charge is 2.26. The molecule has 6 nitrogen and oxygen atoms in total. The number of hydrogen-bond donors (Lipinski definition) is 2. The van der Waals surface area contributed by atoms with Gasteiger partial charge in [0.2, 0.25) is 0 Å². The zero-order valence-electron chi connectivity index (χ0n) is 10.8. The van der Waals surface area contributed by atoms with Crippen molar-refractivity contribution in [3.63, 3.8) is 0 Å². The molecule has 2 aliphatic heterocycles. The molecule has 2 heterocycles. The van der Waals surface area contributed by atoms with E-state index in [1.165, 1.54) is 0 Å². The van der Waals surface area contributed by atoms with Gasteiger partial charge in [0.05, 0.1) is 23.2 Å². The predicted octanol–water partition coefficient (Wildman–Crippen LogP) is 0.825. The lowest BCUT2D eigenvalue weighted by atomic mass is 10.2. The Hall–Kier alpha value is -1.95. The third-order valence-electron chi connectivity index (χ3n) is 3.58. The number of ether oxygens (including phenoxy) is 2. The maximum Gasteiger partial charge on any atom is 0.262 e. The first kappa shape index (κ1) is 12.1. The van der Waals surface area contributed by atoms with Crippen LogP contribution in [0.1, 0.15) is 6.42 Å². The highest BCUT2D eigenvalue weighted by Crippen LogP contribution is 2.38. The summed E-state index contributed by atoms with van der Waals surface area (Å²) in [4.78, 5) is 13.5. The molecular weight excluding hydrogens is 246 g/mol. The monoisotopic (exact) mass is 263 g/mol. The molecule has 1 fully saturated rings. The first-order valence-electron chi connectivity index (χ1n) is 6.31. The third-order valence-corrected chi connectivity index (χ3v) is 3.58. The fraction of sp³-hybridized carbons (Fsp3) is 0.462. The summed E-state index contributed by atoms with van der Waals surface area (Å²) in [6, 6.07) is 3.64. The predicted molar refractivity (Wildman–Crippen MR) is 72.6 cm³/mol. The van der Waals surface area contributed by atoms with Gasteiger partial charge < -0.3 is 25.4 Å². The molecule has 1 aromatic carbocycles. The summed E-state index contributed by atoms with van der Waals surface area (Å²) in [5, 5.41) is 2.80. The van der Waals surface area contributed by atoms with E-state index in [0.29, 0.717) is 17.1 Å². The fourth-order valence-corrected chi connectivity index (χ4v) is 2.54. The average Bonchev–Trinajstić information content (AvgIpc) is 2.87. The summed E-state index contributed by atoms with van der Waals surface area (Å²) in [6.45, 7) is 1.76. The highest BCUT2D eigenvalue weighted by molar-refractivity contribution is 5.97. The third kappa shape index (κ3) is 2.19. The van der Waals surface area contributed by atoms with Crippen LogP contribution in [-0.2, 0) is 9.53 Å². The standard InChI is InChI=1S/C13H17N3O3/c1-18-8-2-3-16(6-8)11-5-10-12(4-9(11)14)19-7-13(17)15-10/h4-5,8H,2-3,6-7,14H2,1H3,(H,15,17). The van der Waals surface area contributed by atoms with E-state index < -0.39 is 0 Å². The van der Waals surface area contributed by atoms with Crippen LogP contribution in [0.4, 0.5) is 17.1 Å². The lowest BCUT2D eigenvalue weighted by Gasteiger charge is -2.24. The molecule has 1 atom stereocenters. The Balaban J connectivity index is 1.90. The van der Waals surface area contributed by atoms with Crippen LogP contribution >= 0.6 is 0 Å². The van der Waals surface area contributed by atoms with Gasteiger partial charge in [-0.2, -0.15) is 0 Å². The number of nitrogen functional groups attached to an aromatic ring is 1. The van der Waals surface area contributed by atoms with Crippen LogP contribution in [0, 0.1) is 0 Å². The van der Waals surface area contributed by atoms with Gasteiger partial charge in [0.15, 0.2) is 6.61 Å². The number of methoxy groups -OCH3 is 1. The molecule has 0 bridgehead atoms. The fourth-order valence-electron chi connectivity index (χ4n) is 2.54. The van der Waals surface area contributed by atoms with E-state index >= 15 is 0 Å². The molecule has 0 spiro atoms. The van der Waals surface area contributed by atoms with Crippen LogP contribution in [-0.4, -0.2) is 38.8 Å². The number of nitrogens with one attached hydrogen (secondary N) is 1. The SMILES string of the molecule is COC1CCN(c2cc3c(cc2N)OCC(=O)N3)C1. The number of rotatable bonds is 2. The van der Waals surface area contributed by atoms with E-state index in [-0.39, 0.29) is 18.6 Å². The maximum absolute atomic E-state index is 11.3. The van der Waals surface area contributed by atoms with E-state index in [9.17, 15) is 4.79 Å². The molecule has 6 heteroatoms. The molecule has 1 unspecified atom stereocenters. The van der Waals surface area contributed by atoms with E-state index in [1.54, 1.807) is 13.2 Å². The van der Waals surface area contributed by atoms with Crippen LogP contribution in [0.2, 0.25) is 0 Å². The number of nitrogens with zero attached hydrogens (tertiary/aromatic N) is 1.